The molecule has 1 rings (SSSR count). The molecule has 5 heteroatoms. The minimum Gasteiger partial charge on any atom is -0.508 e. The van der Waals surface area contributed by atoms with Gasteiger partial charge in [0.1, 0.15) is 11.6 Å². The predicted octanol–water partition coefficient (Wildman–Crippen LogP) is 1.42. The van der Waals surface area contributed by atoms with Gasteiger partial charge in [0.25, 0.3) is 0 Å². The van der Waals surface area contributed by atoms with E-state index in [4.69, 9.17) is 10.2 Å². The molecule has 0 aromatic heterocycles. The fraction of sp³-hybridized carbons (Fsp3) is 0.125. The van der Waals surface area contributed by atoms with Gasteiger partial charge in [-0.3, -0.25) is 0 Å². The fourth-order valence-corrected chi connectivity index (χ4v) is 0.441. The number of carboxylic acid groups (broad SMARTS) is 1. The molecule has 13 heavy (non-hydrogen) atoms. The van der Waals surface area contributed by atoms with Gasteiger partial charge in [0.2, 0.25) is 0 Å². The highest BCUT2D eigenvalue weighted by molar-refractivity contribution is 5.63. The van der Waals surface area contributed by atoms with Crippen LogP contribution in [0, 0.1) is 5.82 Å². The lowest BCUT2D eigenvalue weighted by Crippen LogP contribution is -2.13. The molecule has 0 fully saturated rings. The molecule has 0 aliphatic carbocycles. The molecule has 0 saturated heterocycles. The van der Waals surface area contributed by atoms with Gasteiger partial charge in [0.15, 0.2) is 0 Å². The number of phenols is 1. The SMILES string of the molecule is CNC(=O)O.Oc1ccc(F)cc1. The third-order valence-electron chi connectivity index (χ3n) is 1.04. The Kier molecular flexibility index (Phi) is 5.02. The number of carbonyl (C=O) groups is 1. The van der Waals surface area contributed by atoms with Crippen LogP contribution in [0.4, 0.5) is 9.18 Å². The minimum absolute atomic E-state index is 0.0893. The third-order valence-corrected chi connectivity index (χ3v) is 1.04. The Labute approximate surface area is 74.6 Å². The number of benzene rings is 1. The second-order valence-electron chi connectivity index (χ2n) is 2.03. The van der Waals surface area contributed by atoms with Gasteiger partial charge < -0.3 is 15.5 Å². The summed E-state index contributed by atoms with van der Waals surface area (Å²) < 4.78 is 12.0. The maximum atomic E-state index is 12.0. The van der Waals surface area contributed by atoms with Gasteiger partial charge in [-0.15, -0.1) is 0 Å². The van der Waals surface area contributed by atoms with Crippen LogP contribution in [-0.2, 0) is 0 Å². The van der Waals surface area contributed by atoms with E-state index >= 15 is 0 Å². The topological polar surface area (TPSA) is 69.6 Å². The first-order valence-electron chi connectivity index (χ1n) is 3.41. The highest BCUT2D eigenvalue weighted by Crippen LogP contribution is 2.06. The summed E-state index contributed by atoms with van der Waals surface area (Å²) in [7, 11) is 1.35. The molecule has 0 saturated carbocycles. The second kappa shape index (κ2) is 5.82. The van der Waals surface area contributed by atoms with E-state index in [-0.39, 0.29) is 11.6 Å². The van der Waals surface area contributed by atoms with E-state index in [2.05, 4.69) is 0 Å². The van der Waals surface area contributed by atoms with E-state index in [0.29, 0.717) is 0 Å². The maximum absolute atomic E-state index is 12.0. The molecular formula is C8H10FNO3. The number of nitrogens with one attached hydrogen (secondary N) is 1. The molecule has 0 radical (unpaired) electrons. The number of halogens is 1. The van der Waals surface area contributed by atoms with Crippen LogP contribution in [0.15, 0.2) is 24.3 Å². The average Bonchev–Trinajstić information content (AvgIpc) is 2.11. The molecule has 1 aromatic rings. The summed E-state index contributed by atoms with van der Waals surface area (Å²) in [5.74, 6) is -0.241. The van der Waals surface area contributed by atoms with E-state index in [1.807, 2.05) is 5.32 Å². The van der Waals surface area contributed by atoms with Gasteiger partial charge >= 0.3 is 6.09 Å². The van der Waals surface area contributed by atoms with Crippen LogP contribution in [0.3, 0.4) is 0 Å². The Morgan fingerprint density at radius 1 is 1.38 bits per heavy atom. The number of hydrogen-bond donors (Lipinski definition) is 3. The van der Waals surface area contributed by atoms with Crippen molar-refractivity contribution in [1.82, 2.24) is 5.32 Å². The highest BCUT2D eigenvalue weighted by Gasteiger charge is 1.85. The van der Waals surface area contributed by atoms with Crippen LogP contribution in [-0.4, -0.2) is 23.4 Å². The van der Waals surface area contributed by atoms with Crippen molar-refractivity contribution in [3.63, 3.8) is 0 Å². The molecule has 1 aromatic carbocycles. The van der Waals surface area contributed by atoms with Crippen molar-refractivity contribution in [3.05, 3.63) is 30.1 Å². The van der Waals surface area contributed by atoms with E-state index in [1.54, 1.807) is 0 Å². The largest absolute Gasteiger partial charge is 0.508 e. The van der Waals surface area contributed by atoms with E-state index in [1.165, 1.54) is 31.3 Å². The Morgan fingerprint density at radius 3 is 2.00 bits per heavy atom. The van der Waals surface area contributed by atoms with Gasteiger partial charge in [-0.05, 0) is 24.3 Å². The molecule has 0 bridgehead atoms. The summed E-state index contributed by atoms with van der Waals surface area (Å²) in [5, 5.41) is 18.1. The van der Waals surface area contributed by atoms with Crippen molar-refractivity contribution in [2.45, 2.75) is 0 Å². The van der Waals surface area contributed by atoms with Crippen molar-refractivity contribution in [1.29, 1.82) is 0 Å². The number of hydrogen-bond acceptors (Lipinski definition) is 2. The summed E-state index contributed by atoms with van der Waals surface area (Å²) in [6, 6.07) is 5.01. The van der Waals surface area contributed by atoms with Gasteiger partial charge in [0.05, 0.1) is 0 Å². The first-order valence-corrected chi connectivity index (χ1v) is 3.41. The summed E-state index contributed by atoms with van der Waals surface area (Å²) >= 11 is 0. The number of amides is 1. The van der Waals surface area contributed by atoms with Crippen LogP contribution in [0.5, 0.6) is 5.75 Å². The molecular weight excluding hydrogens is 177 g/mol. The number of aromatic hydroxyl groups is 1. The average molecular weight is 187 g/mol. The van der Waals surface area contributed by atoms with Gasteiger partial charge in [-0.2, -0.15) is 0 Å². The van der Waals surface area contributed by atoms with Gasteiger partial charge in [-0.25, -0.2) is 9.18 Å². The molecule has 3 N–H and O–H groups in total. The second-order valence-corrected chi connectivity index (χ2v) is 2.03. The lowest BCUT2D eigenvalue weighted by Gasteiger charge is -1.86. The van der Waals surface area contributed by atoms with Crippen molar-refractivity contribution in [2.75, 3.05) is 7.05 Å². The monoisotopic (exact) mass is 187 g/mol. The maximum Gasteiger partial charge on any atom is 0.404 e. The summed E-state index contributed by atoms with van der Waals surface area (Å²) in [6.45, 7) is 0. The van der Waals surface area contributed by atoms with Gasteiger partial charge in [0, 0.05) is 7.05 Å². The van der Waals surface area contributed by atoms with Crippen molar-refractivity contribution < 1.29 is 19.4 Å². The normalized spacial score (nSPS) is 8.15. The van der Waals surface area contributed by atoms with Gasteiger partial charge in [-0.1, -0.05) is 0 Å². The van der Waals surface area contributed by atoms with Crippen LogP contribution < -0.4 is 5.32 Å². The molecule has 72 valence electrons. The van der Waals surface area contributed by atoms with Crippen LogP contribution in [0.2, 0.25) is 0 Å². The van der Waals surface area contributed by atoms with Crippen LogP contribution >= 0.6 is 0 Å². The zero-order chi connectivity index (χ0) is 10.3. The Bertz CT molecular complexity index is 240. The molecule has 0 heterocycles. The Morgan fingerprint density at radius 2 is 1.77 bits per heavy atom. The summed E-state index contributed by atoms with van der Waals surface area (Å²) in [6.07, 6.45) is -0.995. The standard InChI is InChI=1S/C6H5FO.C2H5NO2/c7-5-1-3-6(8)4-2-5;1-3-2(4)5/h1-4,8H;3H,1H3,(H,4,5). The first-order chi connectivity index (χ1) is 6.06. The molecule has 0 spiro atoms. The highest BCUT2D eigenvalue weighted by atomic mass is 19.1. The molecule has 0 aliphatic heterocycles. The molecule has 0 aliphatic rings. The number of rotatable bonds is 0. The van der Waals surface area contributed by atoms with Crippen molar-refractivity contribution in [3.8, 4) is 5.75 Å². The Hall–Kier alpha value is -1.78. The summed E-state index contributed by atoms with van der Waals surface area (Å²) in [4.78, 5) is 9.26. The lowest BCUT2D eigenvalue weighted by atomic mass is 10.3. The molecule has 0 atom stereocenters. The van der Waals surface area contributed by atoms with Crippen LogP contribution in [0.1, 0.15) is 0 Å². The van der Waals surface area contributed by atoms with Crippen molar-refractivity contribution in [2.24, 2.45) is 0 Å². The lowest BCUT2D eigenvalue weighted by molar-refractivity contribution is 0.197. The van der Waals surface area contributed by atoms with E-state index in [0.717, 1.165) is 0 Å². The minimum atomic E-state index is -0.995. The molecule has 1 amide bonds. The quantitative estimate of drug-likeness (QED) is 0.575. The smallest absolute Gasteiger partial charge is 0.404 e. The van der Waals surface area contributed by atoms with E-state index < -0.39 is 6.09 Å². The predicted molar refractivity (Wildman–Crippen MR) is 45.1 cm³/mol. The first kappa shape index (κ1) is 11.2. The van der Waals surface area contributed by atoms with E-state index in [9.17, 15) is 9.18 Å². The number of phenolic OH excluding ortho intramolecular Hbond substituents is 1. The zero-order valence-corrected chi connectivity index (χ0v) is 6.99. The summed E-state index contributed by atoms with van der Waals surface area (Å²) in [5.41, 5.74) is 0. The zero-order valence-electron chi connectivity index (χ0n) is 6.99. The fourth-order valence-electron chi connectivity index (χ4n) is 0.441. The van der Waals surface area contributed by atoms with Crippen molar-refractivity contribution >= 4 is 6.09 Å². The Balaban J connectivity index is 0.000000252. The molecule has 0 unspecified atom stereocenters. The molecule has 4 nitrogen and oxygen atoms in total. The third kappa shape index (κ3) is 6.61. The van der Waals surface area contributed by atoms with Crippen LogP contribution in [0.25, 0.3) is 0 Å².